The zero-order chi connectivity index (χ0) is 35.3. The highest BCUT2D eigenvalue weighted by atomic mass is 16.5. The molecule has 1 fully saturated rings. The number of likely N-dealkylation sites (tertiary alicyclic amines) is 1. The molecule has 5 amide bonds. The van der Waals surface area contributed by atoms with Crippen molar-refractivity contribution < 1.29 is 38.2 Å². The summed E-state index contributed by atoms with van der Waals surface area (Å²) in [7, 11) is 1.56. The summed E-state index contributed by atoms with van der Waals surface area (Å²) in [5.41, 5.74) is -0.0282. The molecule has 13 heteroatoms. The maximum absolute atomic E-state index is 13.9. The number of carbonyl (C=O) groups is 6. The van der Waals surface area contributed by atoms with E-state index in [4.69, 9.17) is 9.47 Å². The summed E-state index contributed by atoms with van der Waals surface area (Å²) >= 11 is 0. The van der Waals surface area contributed by atoms with Crippen molar-refractivity contribution in [2.24, 2.45) is 11.3 Å². The predicted octanol–water partition coefficient (Wildman–Crippen LogP) is 2.62. The predicted molar refractivity (Wildman–Crippen MR) is 176 cm³/mol. The quantitative estimate of drug-likeness (QED) is 0.119. The van der Waals surface area contributed by atoms with E-state index in [9.17, 15) is 28.8 Å². The Kier molecular flexibility index (Phi) is 14.9. The molecule has 0 aromatic heterocycles. The van der Waals surface area contributed by atoms with Gasteiger partial charge >= 0.3 is 12.0 Å². The Morgan fingerprint density at radius 2 is 1.70 bits per heavy atom. The summed E-state index contributed by atoms with van der Waals surface area (Å²) in [5.74, 6) is -2.90. The number of hydrogen-bond donors (Lipinski definition) is 4. The van der Waals surface area contributed by atoms with Crippen molar-refractivity contribution in [2.45, 2.75) is 98.0 Å². The molecule has 4 unspecified atom stereocenters. The summed E-state index contributed by atoms with van der Waals surface area (Å²) in [4.78, 5) is 80.0. The smallest absolute Gasteiger partial charge is 0.329 e. The Hall–Kier alpha value is -4.42. The number of urea groups is 1. The summed E-state index contributed by atoms with van der Waals surface area (Å²) in [5, 5.41) is 10.5. The molecule has 13 nitrogen and oxygen atoms in total. The molecule has 4 atom stereocenters. The van der Waals surface area contributed by atoms with Crippen LogP contribution in [0.15, 0.2) is 36.9 Å². The molecule has 260 valence electrons. The first kappa shape index (κ1) is 38.8. The zero-order valence-corrected chi connectivity index (χ0v) is 28.6. The number of Topliss-reactive ketones (excluding diaryl/α,β-unsaturated/α-hetero) is 1. The molecule has 0 aliphatic carbocycles. The van der Waals surface area contributed by atoms with E-state index in [2.05, 4.69) is 27.8 Å². The number of carbonyl (C=O) groups excluding carboxylic acids is 6. The second kappa shape index (κ2) is 18.1. The number of methoxy groups -OCH3 is 1. The van der Waals surface area contributed by atoms with Gasteiger partial charge in [0.2, 0.25) is 17.6 Å². The van der Waals surface area contributed by atoms with Crippen molar-refractivity contribution in [3.05, 3.63) is 42.5 Å². The van der Waals surface area contributed by atoms with Gasteiger partial charge in [0.1, 0.15) is 30.5 Å². The number of ketones is 1. The van der Waals surface area contributed by atoms with Crippen LogP contribution in [0.25, 0.3) is 0 Å². The summed E-state index contributed by atoms with van der Waals surface area (Å²) in [6.07, 6.45) is 3.12. The lowest BCUT2D eigenvalue weighted by Gasteiger charge is -2.36. The second-order valence-corrected chi connectivity index (χ2v) is 13.0. The van der Waals surface area contributed by atoms with Crippen LogP contribution in [0.1, 0.15) is 72.8 Å². The van der Waals surface area contributed by atoms with Crippen LogP contribution in [-0.2, 0) is 35.3 Å². The summed E-state index contributed by atoms with van der Waals surface area (Å²) < 4.78 is 10.6. The molecule has 0 saturated carbocycles. The van der Waals surface area contributed by atoms with Crippen molar-refractivity contribution in [1.82, 2.24) is 26.2 Å². The molecule has 1 aliphatic rings. The van der Waals surface area contributed by atoms with Crippen LogP contribution in [0.4, 0.5) is 4.79 Å². The number of rotatable bonds is 16. The number of amides is 5. The van der Waals surface area contributed by atoms with Crippen LogP contribution in [0.3, 0.4) is 0 Å². The maximum Gasteiger partial charge on any atom is 0.329 e. The SMILES string of the molecule is C=CCNC(=O)C(=O)C(CCC)NC(=O)C1CCCN1C(=O)C(NC(=O)NC(C(=O)OCc1ccc(OC)cc1)C(C)C)C(C)(C)C. The van der Waals surface area contributed by atoms with E-state index in [1.165, 1.54) is 11.0 Å². The van der Waals surface area contributed by atoms with E-state index in [0.717, 1.165) is 5.56 Å². The first-order valence-corrected chi connectivity index (χ1v) is 16.0. The first-order valence-electron chi connectivity index (χ1n) is 16.0. The monoisotopic (exact) mass is 657 g/mol. The van der Waals surface area contributed by atoms with Gasteiger partial charge in [-0.2, -0.15) is 0 Å². The molecule has 1 aromatic rings. The van der Waals surface area contributed by atoms with E-state index < -0.39 is 65.1 Å². The van der Waals surface area contributed by atoms with Crippen molar-refractivity contribution >= 4 is 35.5 Å². The Morgan fingerprint density at radius 3 is 2.26 bits per heavy atom. The molecule has 1 aromatic carbocycles. The van der Waals surface area contributed by atoms with Gasteiger partial charge in [0.15, 0.2) is 0 Å². The normalized spacial score (nSPS) is 16.3. The Labute approximate surface area is 277 Å². The largest absolute Gasteiger partial charge is 0.497 e. The third-order valence-electron chi connectivity index (χ3n) is 7.82. The van der Waals surface area contributed by atoms with Gasteiger partial charge in [-0.25, -0.2) is 9.59 Å². The minimum atomic E-state index is -1.06. The van der Waals surface area contributed by atoms with E-state index in [1.54, 1.807) is 66.0 Å². The topological polar surface area (TPSA) is 172 Å². The molecular formula is C34H51N5O8. The highest BCUT2D eigenvalue weighted by Crippen LogP contribution is 2.26. The average Bonchev–Trinajstić information content (AvgIpc) is 3.53. The molecule has 4 N–H and O–H groups in total. The maximum atomic E-state index is 13.9. The third-order valence-corrected chi connectivity index (χ3v) is 7.82. The molecule has 1 aliphatic heterocycles. The van der Waals surface area contributed by atoms with Gasteiger partial charge in [0, 0.05) is 13.1 Å². The Bertz CT molecular complexity index is 1270. The Morgan fingerprint density at radius 1 is 1.04 bits per heavy atom. The van der Waals surface area contributed by atoms with Gasteiger partial charge in [-0.05, 0) is 48.3 Å². The van der Waals surface area contributed by atoms with Crippen LogP contribution >= 0.6 is 0 Å². The van der Waals surface area contributed by atoms with Gasteiger partial charge in [-0.15, -0.1) is 6.58 Å². The summed E-state index contributed by atoms with van der Waals surface area (Å²) in [6.45, 7) is 14.6. The molecule has 1 heterocycles. The van der Waals surface area contributed by atoms with E-state index in [0.29, 0.717) is 25.0 Å². The highest BCUT2D eigenvalue weighted by molar-refractivity contribution is 6.38. The Balaban J connectivity index is 2.13. The average molecular weight is 658 g/mol. The van der Waals surface area contributed by atoms with Crippen LogP contribution in [0.2, 0.25) is 0 Å². The van der Waals surface area contributed by atoms with Crippen molar-refractivity contribution in [1.29, 1.82) is 0 Å². The fraction of sp³-hybridized carbons (Fsp3) is 0.588. The molecule has 0 bridgehead atoms. The van der Waals surface area contributed by atoms with E-state index in [-0.39, 0.29) is 32.0 Å². The van der Waals surface area contributed by atoms with Crippen molar-refractivity contribution in [3.8, 4) is 5.75 Å². The lowest BCUT2D eigenvalue weighted by Crippen LogP contribution is -2.61. The second-order valence-electron chi connectivity index (χ2n) is 13.0. The molecule has 1 saturated heterocycles. The van der Waals surface area contributed by atoms with Crippen LogP contribution in [0.5, 0.6) is 5.75 Å². The highest BCUT2D eigenvalue weighted by Gasteiger charge is 2.43. The minimum Gasteiger partial charge on any atom is -0.497 e. The number of nitrogens with zero attached hydrogens (tertiary/aromatic N) is 1. The molecular weight excluding hydrogens is 606 g/mol. The molecule has 47 heavy (non-hydrogen) atoms. The number of ether oxygens (including phenoxy) is 2. The number of hydrogen-bond acceptors (Lipinski definition) is 8. The zero-order valence-electron chi connectivity index (χ0n) is 28.6. The van der Waals surface area contributed by atoms with Crippen LogP contribution < -0.4 is 26.0 Å². The minimum absolute atomic E-state index is 0.00106. The number of esters is 1. The van der Waals surface area contributed by atoms with Gasteiger partial charge in [0.05, 0.1) is 13.2 Å². The van der Waals surface area contributed by atoms with Crippen molar-refractivity contribution in [2.75, 3.05) is 20.2 Å². The van der Waals surface area contributed by atoms with Crippen LogP contribution in [-0.4, -0.2) is 84.8 Å². The van der Waals surface area contributed by atoms with Gasteiger partial charge < -0.3 is 35.6 Å². The van der Waals surface area contributed by atoms with E-state index in [1.807, 2.05) is 6.92 Å². The fourth-order valence-electron chi connectivity index (χ4n) is 5.13. The third kappa shape index (κ3) is 11.4. The number of benzene rings is 1. The van der Waals surface area contributed by atoms with Gasteiger partial charge in [-0.1, -0.05) is 66.2 Å². The van der Waals surface area contributed by atoms with E-state index >= 15 is 0 Å². The molecule has 0 radical (unpaired) electrons. The lowest BCUT2D eigenvalue weighted by molar-refractivity contribution is -0.148. The fourth-order valence-corrected chi connectivity index (χ4v) is 5.13. The molecule has 0 spiro atoms. The summed E-state index contributed by atoms with van der Waals surface area (Å²) in [6, 6.07) is 2.31. The van der Waals surface area contributed by atoms with Crippen LogP contribution in [0, 0.1) is 11.3 Å². The molecule has 2 rings (SSSR count). The first-order chi connectivity index (χ1) is 22.1. The van der Waals surface area contributed by atoms with Gasteiger partial charge in [-0.3, -0.25) is 19.2 Å². The van der Waals surface area contributed by atoms with Crippen molar-refractivity contribution in [3.63, 3.8) is 0 Å². The lowest BCUT2D eigenvalue weighted by atomic mass is 9.85. The van der Waals surface area contributed by atoms with Gasteiger partial charge in [0.25, 0.3) is 5.91 Å². The standard InChI is InChI=1S/C34H51N5O8/c1-9-12-24(27(40)30(42)35-18-10-2)36-29(41)25-13-11-19-39(25)31(43)28(34(5,6)7)38-33(45)37-26(21(3)4)32(44)47-20-22-14-16-23(46-8)17-15-22/h10,14-17,21,24-26,28H,2,9,11-13,18-20H2,1,3-8H3,(H,35,42)(H,36,41)(H2,37,38,45). The number of nitrogens with one attached hydrogen (secondary N) is 4.